The number of nitrogens with two attached hydrogens (primary N) is 1. The van der Waals surface area contributed by atoms with Crippen molar-refractivity contribution in [2.24, 2.45) is 5.14 Å². The van der Waals surface area contributed by atoms with E-state index in [9.17, 15) is 8.42 Å². The summed E-state index contributed by atoms with van der Waals surface area (Å²) in [4.78, 5) is 0. The molecule has 0 bridgehead atoms. The monoisotopic (exact) mass is 374 g/mol. The van der Waals surface area contributed by atoms with Crippen LogP contribution in [0.2, 0.25) is 0 Å². The summed E-state index contributed by atoms with van der Waals surface area (Å²) in [6.45, 7) is 2.37. The summed E-state index contributed by atoms with van der Waals surface area (Å²) >= 11 is 3.42. The fourth-order valence-electron chi connectivity index (χ4n) is 1.93. The van der Waals surface area contributed by atoms with Gasteiger partial charge in [0.15, 0.2) is 5.82 Å². The van der Waals surface area contributed by atoms with Gasteiger partial charge in [-0.3, -0.25) is 4.57 Å². The smallest absolute Gasteiger partial charge is 0.273 e. The number of nitrogens with zero attached hydrogens (tertiary/aromatic N) is 3. The number of methoxy groups -OCH3 is 1. The Bertz CT molecular complexity index is 758. The zero-order valence-electron chi connectivity index (χ0n) is 11.6. The quantitative estimate of drug-likeness (QED) is 0.859. The summed E-state index contributed by atoms with van der Waals surface area (Å²) in [5.74, 6) is 1.06. The highest BCUT2D eigenvalue weighted by Gasteiger charge is 2.22. The molecule has 0 saturated carbocycles. The first-order valence-electron chi connectivity index (χ1n) is 6.18. The van der Waals surface area contributed by atoms with Crippen molar-refractivity contribution >= 4 is 26.0 Å². The van der Waals surface area contributed by atoms with E-state index in [1.54, 1.807) is 25.3 Å². The van der Waals surface area contributed by atoms with Crippen molar-refractivity contribution < 1.29 is 13.2 Å². The van der Waals surface area contributed by atoms with Crippen molar-refractivity contribution in [3.05, 3.63) is 22.7 Å². The predicted molar refractivity (Wildman–Crippen MR) is 81.4 cm³/mol. The van der Waals surface area contributed by atoms with E-state index in [0.29, 0.717) is 23.7 Å². The minimum Gasteiger partial charge on any atom is -0.497 e. The van der Waals surface area contributed by atoms with Crippen LogP contribution in [0.3, 0.4) is 0 Å². The van der Waals surface area contributed by atoms with Gasteiger partial charge >= 0.3 is 0 Å². The average Bonchev–Trinajstić information content (AvgIpc) is 2.83. The fourth-order valence-corrected chi connectivity index (χ4v) is 2.99. The average molecular weight is 375 g/mol. The number of sulfonamides is 1. The van der Waals surface area contributed by atoms with E-state index < -0.39 is 10.0 Å². The molecule has 0 spiro atoms. The second-order valence-electron chi connectivity index (χ2n) is 4.35. The van der Waals surface area contributed by atoms with Crippen LogP contribution in [0.15, 0.2) is 27.8 Å². The number of rotatable bonds is 5. The van der Waals surface area contributed by atoms with Gasteiger partial charge in [0, 0.05) is 16.6 Å². The molecule has 0 unspecified atom stereocenters. The maximum absolute atomic E-state index is 11.6. The van der Waals surface area contributed by atoms with Gasteiger partial charge in [-0.2, -0.15) is 0 Å². The van der Waals surface area contributed by atoms with E-state index in [1.165, 1.54) is 4.57 Å². The molecule has 0 aliphatic rings. The molecule has 1 aromatic heterocycles. The number of hydrogen-bond donors (Lipinski definition) is 1. The number of aromatic nitrogens is 3. The van der Waals surface area contributed by atoms with Crippen molar-refractivity contribution in [2.75, 3.05) is 7.11 Å². The molecule has 0 aliphatic heterocycles. The van der Waals surface area contributed by atoms with Crippen molar-refractivity contribution in [3.8, 4) is 17.1 Å². The number of ether oxygens (including phenoxy) is 1. The van der Waals surface area contributed by atoms with Gasteiger partial charge in [-0.05, 0) is 24.6 Å². The Balaban J connectivity index is 2.67. The molecule has 0 atom stereocenters. The maximum atomic E-state index is 11.6. The van der Waals surface area contributed by atoms with E-state index >= 15 is 0 Å². The van der Waals surface area contributed by atoms with Crippen LogP contribution >= 0.6 is 15.9 Å². The Morgan fingerprint density at radius 2 is 2.10 bits per heavy atom. The highest BCUT2D eigenvalue weighted by atomic mass is 79.9. The fraction of sp³-hybridized carbons (Fsp3) is 0.333. The second-order valence-corrected chi connectivity index (χ2v) is 6.66. The summed E-state index contributed by atoms with van der Waals surface area (Å²) < 4.78 is 30.6. The van der Waals surface area contributed by atoms with Crippen LogP contribution in [0.1, 0.15) is 13.3 Å². The first-order chi connectivity index (χ1) is 9.88. The molecular weight excluding hydrogens is 360 g/mol. The van der Waals surface area contributed by atoms with Gasteiger partial charge in [0.2, 0.25) is 0 Å². The SMILES string of the molecule is CCCn1c(-c2cc(OC)ccc2Br)nnc1S(N)(=O)=O. The third-order valence-corrected chi connectivity index (χ3v) is 4.34. The van der Waals surface area contributed by atoms with Gasteiger partial charge in [-0.25, -0.2) is 13.6 Å². The normalized spacial score (nSPS) is 11.6. The summed E-state index contributed by atoms with van der Waals surface area (Å²) in [6.07, 6.45) is 0.717. The number of benzene rings is 1. The minimum absolute atomic E-state index is 0.242. The van der Waals surface area contributed by atoms with Crippen LogP contribution in [-0.4, -0.2) is 30.3 Å². The number of primary sulfonamides is 1. The molecule has 2 aromatic rings. The number of hydrogen-bond acceptors (Lipinski definition) is 5. The van der Waals surface area contributed by atoms with Gasteiger partial charge in [0.1, 0.15) is 5.75 Å². The third-order valence-electron chi connectivity index (χ3n) is 2.83. The lowest BCUT2D eigenvalue weighted by Crippen LogP contribution is -2.19. The highest BCUT2D eigenvalue weighted by molar-refractivity contribution is 9.10. The molecule has 7 nitrogen and oxygen atoms in total. The standard InChI is InChI=1S/C12H15BrN4O3S/c1-3-6-17-11(15-16-12(17)21(14,18)19)9-7-8(20-2)4-5-10(9)13/h4-5,7H,3,6H2,1-2H3,(H2,14,18,19). The molecule has 2 N–H and O–H groups in total. The van der Waals surface area contributed by atoms with Gasteiger partial charge in [0.05, 0.1) is 7.11 Å². The van der Waals surface area contributed by atoms with Crippen LogP contribution in [0.5, 0.6) is 5.75 Å². The first kappa shape index (κ1) is 15.9. The van der Waals surface area contributed by atoms with E-state index in [1.807, 2.05) is 6.92 Å². The summed E-state index contributed by atoms with van der Waals surface area (Å²) in [6, 6.07) is 5.34. The zero-order chi connectivity index (χ0) is 15.6. The largest absolute Gasteiger partial charge is 0.497 e. The van der Waals surface area contributed by atoms with E-state index in [4.69, 9.17) is 9.88 Å². The Morgan fingerprint density at radius 3 is 2.67 bits per heavy atom. The zero-order valence-corrected chi connectivity index (χ0v) is 14.0. The summed E-state index contributed by atoms with van der Waals surface area (Å²) in [5.41, 5.74) is 0.685. The molecule has 114 valence electrons. The Morgan fingerprint density at radius 1 is 1.38 bits per heavy atom. The molecule has 2 rings (SSSR count). The second kappa shape index (κ2) is 6.12. The van der Waals surface area contributed by atoms with Crippen LogP contribution in [0, 0.1) is 0 Å². The summed E-state index contributed by atoms with van der Waals surface area (Å²) in [5, 5.41) is 12.6. The highest BCUT2D eigenvalue weighted by Crippen LogP contribution is 2.31. The van der Waals surface area contributed by atoms with Gasteiger partial charge in [0.25, 0.3) is 15.2 Å². The predicted octanol–water partition coefficient (Wildman–Crippen LogP) is 1.77. The third kappa shape index (κ3) is 3.25. The lowest BCUT2D eigenvalue weighted by atomic mass is 10.2. The molecule has 9 heteroatoms. The lowest BCUT2D eigenvalue weighted by molar-refractivity contribution is 0.415. The van der Waals surface area contributed by atoms with E-state index in [2.05, 4.69) is 26.1 Å². The van der Waals surface area contributed by atoms with Crippen molar-refractivity contribution in [3.63, 3.8) is 0 Å². The van der Waals surface area contributed by atoms with Crippen LogP contribution in [0.4, 0.5) is 0 Å². The van der Waals surface area contributed by atoms with Gasteiger partial charge in [-0.1, -0.05) is 22.9 Å². The summed E-state index contributed by atoms with van der Waals surface area (Å²) in [7, 11) is -2.37. The van der Waals surface area contributed by atoms with Crippen molar-refractivity contribution in [2.45, 2.75) is 25.0 Å². The molecule has 21 heavy (non-hydrogen) atoms. The van der Waals surface area contributed by atoms with Gasteiger partial charge in [-0.15, -0.1) is 10.2 Å². The maximum Gasteiger partial charge on any atom is 0.273 e. The van der Waals surface area contributed by atoms with Crippen molar-refractivity contribution in [1.82, 2.24) is 14.8 Å². The molecule has 0 radical (unpaired) electrons. The van der Waals surface area contributed by atoms with Crippen LogP contribution < -0.4 is 9.88 Å². The molecule has 1 heterocycles. The van der Waals surface area contributed by atoms with Gasteiger partial charge < -0.3 is 4.74 Å². The molecule has 0 amide bonds. The number of halogens is 1. The molecule has 0 fully saturated rings. The topological polar surface area (TPSA) is 100 Å². The van der Waals surface area contributed by atoms with Crippen molar-refractivity contribution in [1.29, 1.82) is 0 Å². The first-order valence-corrected chi connectivity index (χ1v) is 8.52. The minimum atomic E-state index is -3.93. The molecule has 0 aliphatic carbocycles. The van der Waals surface area contributed by atoms with Crippen LogP contribution in [0.25, 0.3) is 11.4 Å². The van der Waals surface area contributed by atoms with Crippen LogP contribution in [-0.2, 0) is 16.6 Å². The Labute approximate surface area is 131 Å². The lowest BCUT2D eigenvalue weighted by Gasteiger charge is -2.10. The van der Waals surface area contributed by atoms with E-state index in [-0.39, 0.29) is 5.16 Å². The Hall–Kier alpha value is -1.45. The van der Waals surface area contributed by atoms with E-state index in [0.717, 1.165) is 10.9 Å². The molecule has 0 saturated heterocycles. The molecule has 1 aromatic carbocycles. The Kier molecular flexibility index (Phi) is 4.64. The molecular formula is C12H15BrN4O3S.